The Morgan fingerprint density at radius 3 is 3.12 bits per heavy atom. The number of aromatic nitrogens is 4. The first-order valence-corrected chi connectivity index (χ1v) is 9.49. The highest BCUT2D eigenvalue weighted by Gasteiger charge is 2.11. The van der Waals surface area contributed by atoms with Gasteiger partial charge >= 0.3 is 0 Å². The fourth-order valence-corrected chi connectivity index (χ4v) is 3.35. The van der Waals surface area contributed by atoms with E-state index in [0.29, 0.717) is 36.8 Å². The van der Waals surface area contributed by atoms with Gasteiger partial charge in [-0.25, -0.2) is 4.98 Å². The monoisotopic (exact) mass is 389 g/mol. The number of H-pyrrole nitrogens is 1. The maximum atomic E-state index is 12.2. The van der Waals surface area contributed by atoms with Crippen molar-refractivity contribution >= 4 is 29.5 Å². The lowest BCUT2D eigenvalue weighted by Crippen LogP contribution is -2.24. The average molecular weight is 390 g/mol. The molecule has 0 bridgehead atoms. The topological polar surface area (TPSA) is 84.8 Å². The summed E-state index contributed by atoms with van der Waals surface area (Å²) in [5, 5.41) is 11.9. The van der Waals surface area contributed by atoms with Crippen molar-refractivity contribution < 1.29 is 9.53 Å². The number of nitrogens with zero attached hydrogens (tertiary/aromatic N) is 3. The van der Waals surface area contributed by atoms with Gasteiger partial charge in [-0.1, -0.05) is 6.07 Å². The molecular formula is C17H19N5O2S2. The Kier molecular flexibility index (Phi) is 6.13. The third-order valence-corrected chi connectivity index (χ3v) is 4.82. The van der Waals surface area contributed by atoms with Gasteiger partial charge in [0, 0.05) is 31.8 Å². The van der Waals surface area contributed by atoms with Gasteiger partial charge in [-0.05, 0) is 42.2 Å². The summed E-state index contributed by atoms with van der Waals surface area (Å²) < 4.78 is 7.72. The molecule has 0 saturated carbocycles. The maximum absolute atomic E-state index is 12.2. The number of carbonyl (C=O) groups excluding carboxylic acids is 1. The summed E-state index contributed by atoms with van der Waals surface area (Å²) in [6, 6.07) is 7.61. The van der Waals surface area contributed by atoms with E-state index < -0.39 is 0 Å². The number of amides is 1. The van der Waals surface area contributed by atoms with Crippen LogP contribution in [-0.4, -0.2) is 32.3 Å². The molecule has 9 heteroatoms. The van der Waals surface area contributed by atoms with Crippen LogP contribution in [0.2, 0.25) is 0 Å². The molecule has 0 radical (unpaired) electrons. The lowest BCUT2D eigenvalue weighted by Gasteiger charge is -2.08. The SMILES string of the molecule is CCOc1cc(CNC(=O)CCn2c(-c3cccs3)n[nH]c2=S)ccn1. The largest absolute Gasteiger partial charge is 0.478 e. The smallest absolute Gasteiger partial charge is 0.222 e. The van der Waals surface area contributed by atoms with E-state index in [-0.39, 0.29) is 5.91 Å². The Morgan fingerprint density at radius 2 is 2.35 bits per heavy atom. The van der Waals surface area contributed by atoms with Gasteiger partial charge in [0.1, 0.15) is 0 Å². The van der Waals surface area contributed by atoms with E-state index in [1.165, 1.54) is 0 Å². The summed E-state index contributed by atoms with van der Waals surface area (Å²) in [5.41, 5.74) is 0.941. The van der Waals surface area contributed by atoms with Crippen LogP contribution in [0.4, 0.5) is 0 Å². The molecule has 0 unspecified atom stereocenters. The number of pyridine rings is 1. The zero-order valence-electron chi connectivity index (χ0n) is 14.3. The van der Waals surface area contributed by atoms with Crippen molar-refractivity contribution in [2.75, 3.05) is 6.61 Å². The van der Waals surface area contributed by atoms with Crippen LogP contribution in [-0.2, 0) is 17.9 Å². The van der Waals surface area contributed by atoms with Gasteiger partial charge in [0.15, 0.2) is 10.6 Å². The average Bonchev–Trinajstić information content (AvgIpc) is 3.28. The van der Waals surface area contributed by atoms with E-state index in [4.69, 9.17) is 17.0 Å². The molecule has 0 spiro atoms. The van der Waals surface area contributed by atoms with Crippen LogP contribution < -0.4 is 10.1 Å². The number of nitrogens with one attached hydrogen (secondary N) is 2. The van der Waals surface area contributed by atoms with Crippen molar-refractivity contribution in [1.29, 1.82) is 0 Å². The highest BCUT2D eigenvalue weighted by atomic mass is 32.1. The zero-order valence-corrected chi connectivity index (χ0v) is 15.9. The number of hydrogen-bond donors (Lipinski definition) is 2. The lowest BCUT2D eigenvalue weighted by molar-refractivity contribution is -0.121. The van der Waals surface area contributed by atoms with Gasteiger partial charge in [0.2, 0.25) is 11.8 Å². The maximum Gasteiger partial charge on any atom is 0.222 e. The van der Waals surface area contributed by atoms with Crippen LogP contribution in [0.1, 0.15) is 18.9 Å². The second kappa shape index (κ2) is 8.72. The second-order valence-electron chi connectivity index (χ2n) is 5.44. The van der Waals surface area contributed by atoms with E-state index in [1.807, 2.05) is 41.1 Å². The summed E-state index contributed by atoms with van der Waals surface area (Å²) in [4.78, 5) is 17.3. The molecule has 0 atom stereocenters. The summed E-state index contributed by atoms with van der Waals surface area (Å²) >= 11 is 6.86. The fraction of sp³-hybridized carbons (Fsp3) is 0.294. The van der Waals surface area contributed by atoms with Crippen molar-refractivity contribution in [3.05, 3.63) is 46.2 Å². The molecule has 3 rings (SSSR count). The van der Waals surface area contributed by atoms with Crippen molar-refractivity contribution in [3.63, 3.8) is 0 Å². The molecule has 26 heavy (non-hydrogen) atoms. The van der Waals surface area contributed by atoms with E-state index in [1.54, 1.807) is 17.5 Å². The normalized spacial score (nSPS) is 10.7. The first kappa shape index (κ1) is 18.3. The van der Waals surface area contributed by atoms with Gasteiger partial charge < -0.3 is 10.1 Å². The van der Waals surface area contributed by atoms with E-state index in [0.717, 1.165) is 16.3 Å². The molecule has 3 aromatic rings. The standard InChI is InChI=1S/C17H19N5O2S2/c1-2-24-15-10-12(5-7-18-15)11-19-14(23)6-8-22-16(20-21-17(22)25)13-4-3-9-26-13/h3-5,7,9-10H,2,6,8,11H2,1H3,(H,19,23)(H,21,25). The molecule has 0 aromatic carbocycles. The zero-order chi connectivity index (χ0) is 18.4. The number of carbonyl (C=O) groups is 1. The molecule has 7 nitrogen and oxygen atoms in total. The van der Waals surface area contributed by atoms with Crippen LogP contribution in [0.25, 0.3) is 10.7 Å². The molecule has 0 aliphatic carbocycles. The van der Waals surface area contributed by atoms with Gasteiger partial charge in [-0.3, -0.25) is 14.5 Å². The van der Waals surface area contributed by atoms with Crippen molar-refractivity contribution in [1.82, 2.24) is 25.1 Å². The van der Waals surface area contributed by atoms with Gasteiger partial charge in [-0.2, -0.15) is 5.10 Å². The number of rotatable bonds is 8. The third kappa shape index (κ3) is 4.55. The van der Waals surface area contributed by atoms with Gasteiger partial charge in [-0.15, -0.1) is 11.3 Å². The number of thiophene rings is 1. The highest BCUT2D eigenvalue weighted by molar-refractivity contribution is 7.71. The molecule has 1 amide bonds. The molecule has 3 aromatic heterocycles. The summed E-state index contributed by atoms with van der Waals surface area (Å²) in [6.07, 6.45) is 1.99. The second-order valence-corrected chi connectivity index (χ2v) is 6.78. The number of ether oxygens (including phenoxy) is 1. The molecule has 0 fully saturated rings. The quantitative estimate of drug-likeness (QED) is 0.578. The van der Waals surface area contributed by atoms with Crippen molar-refractivity contribution in [3.8, 4) is 16.6 Å². The van der Waals surface area contributed by atoms with Gasteiger partial charge in [0.05, 0.1) is 11.5 Å². The molecule has 136 valence electrons. The Morgan fingerprint density at radius 1 is 1.46 bits per heavy atom. The van der Waals surface area contributed by atoms with Crippen LogP contribution in [0.5, 0.6) is 5.88 Å². The predicted octanol–water partition coefficient (Wildman–Crippen LogP) is 3.17. The Balaban J connectivity index is 1.56. The number of hydrogen-bond acceptors (Lipinski definition) is 6. The summed E-state index contributed by atoms with van der Waals surface area (Å²) in [6.45, 7) is 3.35. The van der Waals surface area contributed by atoms with Crippen LogP contribution in [0.15, 0.2) is 35.8 Å². The Bertz CT molecular complexity index is 917. The van der Waals surface area contributed by atoms with Crippen molar-refractivity contribution in [2.45, 2.75) is 26.4 Å². The minimum atomic E-state index is -0.0556. The molecule has 0 saturated heterocycles. The molecule has 3 heterocycles. The third-order valence-electron chi connectivity index (χ3n) is 3.64. The fourth-order valence-electron chi connectivity index (χ4n) is 2.41. The Hall–Kier alpha value is -2.52. The number of aromatic amines is 1. The first-order chi connectivity index (χ1) is 12.7. The lowest BCUT2D eigenvalue weighted by atomic mass is 10.2. The minimum Gasteiger partial charge on any atom is -0.478 e. The van der Waals surface area contributed by atoms with Crippen LogP contribution in [0, 0.1) is 4.77 Å². The molecule has 0 aliphatic heterocycles. The van der Waals surface area contributed by atoms with E-state index in [2.05, 4.69) is 20.5 Å². The van der Waals surface area contributed by atoms with E-state index in [9.17, 15) is 4.79 Å². The van der Waals surface area contributed by atoms with Crippen LogP contribution >= 0.6 is 23.6 Å². The van der Waals surface area contributed by atoms with Gasteiger partial charge in [0.25, 0.3) is 0 Å². The molecular weight excluding hydrogens is 370 g/mol. The summed E-state index contributed by atoms with van der Waals surface area (Å²) in [7, 11) is 0. The highest BCUT2D eigenvalue weighted by Crippen LogP contribution is 2.22. The van der Waals surface area contributed by atoms with E-state index >= 15 is 0 Å². The predicted molar refractivity (Wildman–Crippen MR) is 103 cm³/mol. The Labute approximate surface area is 160 Å². The summed E-state index contributed by atoms with van der Waals surface area (Å²) in [5.74, 6) is 1.26. The van der Waals surface area contributed by atoms with Crippen LogP contribution in [0.3, 0.4) is 0 Å². The van der Waals surface area contributed by atoms with Crippen molar-refractivity contribution in [2.24, 2.45) is 0 Å². The molecule has 2 N–H and O–H groups in total. The first-order valence-electron chi connectivity index (χ1n) is 8.21. The minimum absolute atomic E-state index is 0.0556. The molecule has 0 aliphatic rings.